The Bertz CT molecular complexity index is 468. The molecule has 1 aliphatic heterocycles. The third kappa shape index (κ3) is 4.18. The summed E-state index contributed by atoms with van der Waals surface area (Å²) in [5.41, 5.74) is 0. The van der Waals surface area contributed by atoms with Crippen molar-refractivity contribution in [3.05, 3.63) is 0 Å². The maximum atomic E-state index is 11.9. The standard InChI is InChI=1S/C10H20N2O4S2/c13-17(14)7-3-10(4-8-17)18(15,16)12-6-5-11-9-1-2-9/h9-12H,1-8H2. The number of sulfone groups is 1. The van der Waals surface area contributed by atoms with Gasteiger partial charge in [0.1, 0.15) is 9.84 Å². The van der Waals surface area contributed by atoms with Crippen LogP contribution in [0.4, 0.5) is 0 Å². The molecule has 0 spiro atoms. The molecular weight excluding hydrogens is 276 g/mol. The van der Waals surface area contributed by atoms with E-state index < -0.39 is 25.1 Å². The van der Waals surface area contributed by atoms with Crippen LogP contribution in [0.25, 0.3) is 0 Å². The van der Waals surface area contributed by atoms with Crippen LogP contribution in [-0.2, 0) is 19.9 Å². The Labute approximate surface area is 108 Å². The Morgan fingerprint density at radius 3 is 2.17 bits per heavy atom. The Hall–Kier alpha value is -0.180. The van der Waals surface area contributed by atoms with Crippen LogP contribution in [0.5, 0.6) is 0 Å². The summed E-state index contributed by atoms with van der Waals surface area (Å²) in [5, 5.41) is 2.67. The fourth-order valence-corrected chi connectivity index (χ4v) is 5.32. The SMILES string of the molecule is O=S1(=O)CCC(S(=O)(=O)NCCNC2CC2)CC1. The summed E-state index contributed by atoms with van der Waals surface area (Å²) in [4.78, 5) is 0. The van der Waals surface area contributed by atoms with Gasteiger partial charge in [0.2, 0.25) is 10.0 Å². The molecule has 0 atom stereocenters. The molecule has 2 N–H and O–H groups in total. The molecule has 1 saturated heterocycles. The highest BCUT2D eigenvalue weighted by Crippen LogP contribution is 2.19. The van der Waals surface area contributed by atoms with Crippen molar-refractivity contribution < 1.29 is 16.8 Å². The van der Waals surface area contributed by atoms with Gasteiger partial charge >= 0.3 is 0 Å². The Kier molecular flexibility index (Phi) is 4.30. The van der Waals surface area contributed by atoms with E-state index in [4.69, 9.17) is 0 Å². The van der Waals surface area contributed by atoms with Crippen molar-refractivity contribution in [2.75, 3.05) is 24.6 Å². The van der Waals surface area contributed by atoms with E-state index in [1.54, 1.807) is 0 Å². The van der Waals surface area contributed by atoms with Crippen LogP contribution in [0.1, 0.15) is 25.7 Å². The van der Waals surface area contributed by atoms with Crippen LogP contribution in [0.3, 0.4) is 0 Å². The van der Waals surface area contributed by atoms with Gasteiger partial charge in [-0.3, -0.25) is 0 Å². The molecule has 2 rings (SSSR count). The van der Waals surface area contributed by atoms with Gasteiger partial charge in [0.25, 0.3) is 0 Å². The van der Waals surface area contributed by atoms with Crippen LogP contribution in [0.2, 0.25) is 0 Å². The van der Waals surface area contributed by atoms with Crippen molar-refractivity contribution in [3.8, 4) is 0 Å². The van der Waals surface area contributed by atoms with Crippen LogP contribution < -0.4 is 10.0 Å². The van der Waals surface area contributed by atoms with E-state index in [1.165, 1.54) is 12.8 Å². The molecule has 0 aromatic heterocycles. The average Bonchev–Trinajstić information content (AvgIpc) is 3.08. The predicted octanol–water partition coefficient (Wildman–Crippen LogP) is -0.765. The first-order valence-electron chi connectivity index (χ1n) is 6.31. The average molecular weight is 296 g/mol. The molecule has 18 heavy (non-hydrogen) atoms. The second-order valence-corrected chi connectivity index (χ2v) is 9.37. The van der Waals surface area contributed by atoms with E-state index in [2.05, 4.69) is 10.0 Å². The largest absolute Gasteiger partial charge is 0.313 e. The first kappa shape index (κ1) is 14.2. The van der Waals surface area contributed by atoms with Crippen molar-refractivity contribution in [2.45, 2.75) is 37.0 Å². The normalized spacial score (nSPS) is 25.1. The molecule has 0 bridgehead atoms. The first-order chi connectivity index (χ1) is 8.39. The van der Waals surface area contributed by atoms with Gasteiger partial charge in [0, 0.05) is 19.1 Å². The molecule has 2 fully saturated rings. The molecule has 0 radical (unpaired) electrons. The van der Waals surface area contributed by atoms with Crippen molar-refractivity contribution in [1.29, 1.82) is 0 Å². The first-order valence-corrected chi connectivity index (χ1v) is 9.68. The molecule has 8 heteroatoms. The highest BCUT2D eigenvalue weighted by atomic mass is 32.2. The summed E-state index contributed by atoms with van der Waals surface area (Å²) in [6.07, 6.45) is 2.78. The highest BCUT2D eigenvalue weighted by molar-refractivity contribution is 7.92. The van der Waals surface area contributed by atoms with Crippen LogP contribution >= 0.6 is 0 Å². The van der Waals surface area contributed by atoms with Gasteiger partial charge in [-0.2, -0.15) is 0 Å². The molecule has 2 aliphatic rings. The van der Waals surface area contributed by atoms with E-state index in [0.717, 1.165) is 0 Å². The summed E-state index contributed by atoms with van der Waals surface area (Å²) in [7, 11) is -6.37. The van der Waals surface area contributed by atoms with Gasteiger partial charge in [-0.1, -0.05) is 0 Å². The van der Waals surface area contributed by atoms with Crippen molar-refractivity contribution in [3.63, 3.8) is 0 Å². The van der Waals surface area contributed by atoms with Gasteiger partial charge in [0.05, 0.1) is 16.8 Å². The third-order valence-corrected chi connectivity index (χ3v) is 7.05. The zero-order chi connectivity index (χ0) is 13.2. The van der Waals surface area contributed by atoms with Crippen LogP contribution in [0.15, 0.2) is 0 Å². The monoisotopic (exact) mass is 296 g/mol. The number of nitrogens with one attached hydrogen (secondary N) is 2. The zero-order valence-electron chi connectivity index (χ0n) is 10.3. The minimum absolute atomic E-state index is 0.0150. The minimum atomic E-state index is -3.37. The van der Waals surface area contributed by atoms with Crippen molar-refractivity contribution in [2.24, 2.45) is 0 Å². The van der Waals surface area contributed by atoms with Crippen LogP contribution in [-0.4, -0.2) is 52.7 Å². The Morgan fingerprint density at radius 1 is 1.00 bits per heavy atom. The third-order valence-electron chi connectivity index (χ3n) is 3.38. The number of hydrogen-bond donors (Lipinski definition) is 2. The second-order valence-electron chi connectivity index (χ2n) is 5.02. The number of sulfonamides is 1. The molecule has 1 aliphatic carbocycles. The summed E-state index contributed by atoms with van der Waals surface area (Å²) in [6.45, 7) is 1.01. The number of rotatable bonds is 6. The quantitative estimate of drug-likeness (QED) is 0.628. The second kappa shape index (κ2) is 5.44. The highest BCUT2D eigenvalue weighted by Gasteiger charge is 2.32. The van der Waals surface area contributed by atoms with Gasteiger partial charge in [-0.25, -0.2) is 21.6 Å². The van der Waals surface area contributed by atoms with Gasteiger partial charge < -0.3 is 5.32 Å². The zero-order valence-corrected chi connectivity index (χ0v) is 11.9. The molecule has 6 nitrogen and oxygen atoms in total. The number of hydrogen-bond acceptors (Lipinski definition) is 5. The molecule has 106 valence electrons. The van der Waals surface area contributed by atoms with E-state index in [9.17, 15) is 16.8 Å². The molecule has 0 aromatic rings. The lowest BCUT2D eigenvalue weighted by molar-refractivity contribution is 0.539. The van der Waals surface area contributed by atoms with E-state index >= 15 is 0 Å². The summed E-state index contributed by atoms with van der Waals surface area (Å²) < 4.78 is 48.9. The molecular formula is C10H20N2O4S2. The van der Waals surface area contributed by atoms with Crippen LogP contribution in [0, 0.1) is 0 Å². The van der Waals surface area contributed by atoms with Crippen molar-refractivity contribution >= 4 is 19.9 Å². The molecule has 1 heterocycles. The smallest absolute Gasteiger partial charge is 0.214 e. The molecule has 0 unspecified atom stereocenters. The fraction of sp³-hybridized carbons (Fsp3) is 1.00. The van der Waals surface area contributed by atoms with E-state index in [0.29, 0.717) is 19.1 Å². The summed E-state index contributed by atoms with van der Waals surface area (Å²) in [5.74, 6) is -0.0300. The minimum Gasteiger partial charge on any atom is -0.313 e. The predicted molar refractivity (Wildman–Crippen MR) is 69.6 cm³/mol. The van der Waals surface area contributed by atoms with E-state index in [-0.39, 0.29) is 24.3 Å². The van der Waals surface area contributed by atoms with Gasteiger partial charge in [-0.05, 0) is 25.7 Å². The Balaban J connectivity index is 1.75. The lowest BCUT2D eigenvalue weighted by Crippen LogP contribution is -2.42. The fourth-order valence-electron chi connectivity index (χ4n) is 2.05. The van der Waals surface area contributed by atoms with Gasteiger partial charge in [-0.15, -0.1) is 0 Å². The molecule has 1 saturated carbocycles. The lowest BCUT2D eigenvalue weighted by Gasteiger charge is -2.22. The maximum Gasteiger partial charge on any atom is 0.214 e. The van der Waals surface area contributed by atoms with Gasteiger partial charge in [0.15, 0.2) is 0 Å². The lowest BCUT2D eigenvalue weighted by atomic mass is 10.2. The molecule has 0 amide bonds. The Morgan fingerprint density at radius 2 is 1.61 bits per heavy atom. The topological polar surface area (TPSA) is 92.3 Å². The summed E-state index contributed by atoms with van der Waals surface area (Å²) in [6, 6.07) is 0.564. The molecule has 0 aromatic carbocycles. The van der Waals surface area contributed by atoms with E-state index in [1.807, 2.05) is 0 Å². The summed E-state index contributed by atoms with van der Waals surface area (Å²) >= 11 is 0. The maximum absolute atomic E-state index is 11.9. The van der Waals surface area contributed by atoms with Crippen molar-refractivity contribution in [1.82, 2.24) is 10.0 Å².